The monoisotopic (exact) mass is 565 g/mol. The van der Waals surface area contributed by atoms with E-state index >= 15 is 0 Å². The van der Waals surface area contributed by atoms with Crippen LogP contribution < -0.4 is 0 Å². The SMILES string of the molecule is c1ccc(-c2ccc(-c3nc(-c4ccc5oc6cc7ccccc7cc6c5c4)nc(-c4cc5ccccc5o4)n3)cc2)cc1. The van der Waals surface area contributed by atoms with Crippen molar-refractivity contribution in [1.82, 2.24) is 15.0 Å². The lowest BCUT2D eigenvalue weighted by molar-refractivity contribution is 0.625. The largest absolute Gasteiger partial charge is 0.456 e. The molecule has 5 heteroatoms. The van der Waals surface area contributed by atoms with E-state index in [4.69, 9.17) is 23.8 Å². The maximum absolute atomic E-state index is 6.25. The van der Waals surface area contributed by atoms with Crippen LogP contribution in [0.1, 0.15) is 0 Å². The molecule has 0 atom stereocenters. The lowest BCUT2D eigenvalue weighted by Crippen LogP contribution is -1.99. The van der Waals surface area contributed by atoms with Crippen molar-refractivity contribution in [3.8, 4) is 45.5 Å². The molecular weight excluding hydrogens is 542 g/mol. The molecule has 44 heavy (non-hydrogen) atoms. The van der Waals surface area contributed by atoms with Gasteiger partial charge in [-0.05, 0) is 64.4 Å². The number of para-hydroxylation sites is 1. The number of benzene rings is 6. The van der Waals surface area contributed by atoms with Crippen LogP contribution in [0.2, 0.25) is 0 Å². The number of hydrogen-bond acceptors (Lipinski definition) is 5. The predicted octanol–water partition coefficient (Wildman–Crippen LogP) is 10.3. The molecular formula is C39H23N3O2. The molecule has 206 valence electrons. The summed E-state index contributed by atoms with van der Waals surface area (Å²) in [7, 11) is 0. The molecule has 3 heterocycles. The molecule has 0 saturated heterocycles. The van der Waals surface area contributed by atoms with E-state index in [0.717, 1.165) is 60.5 Å². The van der Waals surface area contributed by atoms with Crippen molar-refractivity contribution in [2.24, 2.45) is 0 Å². The van der Waals surface area contributed by atoms with Crippen LogP contribution >= 0.6 is 0 Å². The molecule has 6 aromatic carbocycles. The van der Waals surface area contributed by atoms with Crippen LogP contribution in [0.3, 0.4) is 0 Å². The fourth-order valence-corrected chi connectivity index (χ4v) is 5.88. The Kier molecular flexibility index (Phi) is 5.43. The molecule has 0 aliphatic heterocycles. The summed E-state index contributed by atoms with van der Waals surface area (Å²) in [4.78, 5) is 14.8. The van der Waals surface area contributed by atoms with E-state index in [9.17, 15) is 0 Å². The molecule has 0 unspecified atom stereocenters. The van der Waals surface area contributed by atoms with Crippen LogP contribution in [0.15, 0.2) is 148 Å². The Morgan fingerprint density at radius 1 is 0.341 bits per heavy atom. The first-order chi connectivity index (χ1) is 21.7. The number of furan rings is 2. The van der Waals surface area contributed by atoms with Crippen molar-refractivity contribution in [2.45, 2.75) is 0 Å². The summed E-state index contributed by atoms with van der Waals surface area (Å²) in [6, 6.07) is 47.3. The topological polar surface area (TPSA) is 65.0 Å². The molecule has 0 aliphatic carbocycles. The van der Waals surface area contributed by atoms with E-state index in [1.807, 2.05) is 66.7 Å². The van der Waals surface area contributed by atoms with E-state index in [2.05, 4.69) is 72.8 Å². The second kappa shape index (κ2) is 9.75. The second-order valence-electron chi connectivity index (χ2n) is 10.9. The van der Waals surface area contributed by atoms with Crippen molar-refractivity contribution in [3.05, 3.63) is 140 Å². The van der Waals surface area contributed by atoms with Crippen LogP contribution in [0.4, 0.5) is 0 Å². The predicted molar refractivity (Wildman–Crippen MR) is 176 cm³/mol. The van der Waals surface area contributed by atoms with E-state index in [0.29, 0.717) is 23.2 Å². The lowest BCUT2D eigenvalue weighted by atomic mass is 10.0. The zero-order valence-corrected chi connectivity index (χ0v) is 23.4. The molecule has 0 spiro atoms. The molecule has 0 radical (unpaired) electrons. The van der Waals surface area contributed by atoms with Crippen molar-refractivity contribution in [2.75, 3.05) is 0 Å². The summed E-state index contributed by atoms with van der Waals surface area (Å²) in [6.45, 7) is 0. The third kappa shape index (κ3) is 4.14. The summed E-state index contributed by atoms with van der Waals surface area (Å²) in [5.74, 6) is 2.22. The molecule has 0 amide bonds. The van der Waals surface area contributed by atoms with Gasteiger partial charge in [-0.3, -0.25) is 0 Å². The van der Waals surface area contributed by atoms with E-state index in [1.165, 1.54) is 5.39 Å². The molecule has 9 aromatic rings. The van der Waals surface area contributed by atoms with Crippen LogP contribution in [0.5, 0.6) is 0 Å². The average molecular weight is 566 g/mol. The first kappa shape index (κ1) is 24.5. The van der Waals surface area contributed by atoms with Crippen molar-refractivity contribution < 1.29 is 8.83 Å². The Bertz CT molecular complexity index is 2460. The van der Waals surface area contributed by atoms with Crippen molar-refractivity contribution in [1.29, 1.82) is 0 Å². The van der Waals surface area contributed by atoms with Gasteiger partial charge in [-0.15, -0.1) is 0 Å². The number of nitrogens with zero attached hydrogens (tertiary/aromatic N) is 3. The standard InChI is InChI=1S/C39H23N3O2/c1-2-8-24(9-3-1)25-14-16-26(17-15-25)37-40-38(42-39(41-37)36-23-29-12-6-7-13-33(29)43-36)30-18-19-34-31(21-30)32-20-27-10-4-5-11-28(27)22-35(32)44-34/h1-23H. The van der Waals surface area contributed by atoms with Gasteiger partial charge < -0.3 is 8.83 Å². The highest BCUT2D eigenvalue weighted by Gasteiger charge is 2.17. The van der Waals surface area contributed by atoms with Gasteiger partial charge in [-0.1, -0.05) is 97.1 Å². The van der Waals surface area contributed by atoms with Crippen LogP contribution in [0.25, 0.3) is 89.2 Å². The third-order valence-corrected chi connectivity index (χ3v) is 8.13. The van der Waals surface area contributed by atoms with E-state index < -0.39 is 0 Å². The Morgan fingerprint density at radius 3 is 1.73 bits per heavy atom. The molecule has 9 rings (SSSR count). The molecule has 0 N–H and O–H groups in total. The summed E-state index contributed by atoms with van der Waals surface area (Å²) in [6.07, 6.45) is 0. The summed E-state index contributed by atoms with van der Waals surface area (Å²) in [5, 5.41) is 5.39. The molecule has 3 aromatic heterocycles. The van der Waals surface area contributed by atoms with E-state index in [-0.39, 0.29) is 0 Å². The van der Waals surface area contributed by atoms with Crippen molar-refractivity contribution in [3.63, 3.8) is 0 Å². The Balaban J connectivity index is 1.21. The van der Waals surface area contributed by atoms with Gasteiger partial charge in [0.2, 0.25) is 0 Å². The number of fused-ring (bicyclic) bond motifs is 5. The highest BCUT2D eigenvalue weighted by atomic mass is 16.3. The first-order valence-corrected chi connectivity index (χ1v) is 14.5. The van der Waals surface area contributed by atoms with Gasteiger partial charge in [0.15, 0.2) is 23.2 Å². The number of hydrogen-bond donors (Lipinski definition) is 0. The van der Waals surface area contributed by atoms with Crippen molar-refractivity contribution >= 4 is 43.7 Å². The summed E-state index contributed by atoms with van der Waals surface area (Å²) >= 11 is 0. The minimum Gasteiger partial charge on any atom is -0.456 e. The molecule has 0 aliphatic rings. The van der Waals surface area contributed by atoms with Crippen LogP contribution in [-0.2, 0) is 0 Å². The zero-order valence-electron chi connectivity index (χ0n) is 23.4. The first-order valence-electron chi connectivity index (χ1n) is 14.5. The van der Waals surface area contributed by atoms with E-state index in [1.54, 1.807) is 0 Å². The minimum atomic E-state index is 0.483. The number of rotatable bonds is 4. The molecule has 0 saturated carbocycles. The van der Waals surface area contributed by atoms with Crippen LogP contribution in [0, 0.1) is 0 Å². The highest BCUT2D eigenvalue weighted by molar-refractivity contribution is 6.10. The van der Waals surface area contributed by atoms with Gasteiger partial charge in [0.1, 0.15) is 16.7 Å². The van der Waals surface area contributed by atoms with Gasteiger partial charge in [-0.25, -0.2) is 15.0 Å². The van der Waals surface area contributed by atoms with Crippen LogP contribution in [-0.4, -0.2) is 15.0 Å². The minimum absolute atomic E-state index is 0.483. The lowest BCUT2D eigenvalue weighted by Gasteiger charge is -2.08. The Hall–Kier alpha value is -6.07. The maximum atomic E-state index is 6.25. The van der Waals surface area contributed by atoms with Gasteiger partial charge in [0.05, 0.1) is 0 Å². The van der Waals surface area contributed by atoms with Gasteiger partial charge in [0, 0.05) is 27.3 Å². The smallest absolute Gasteiger partial charge is 0.199 e. The maximum Gasteiger partial charge on any atom is 0.199 e. The fraction of sp³-hybridized carbons (Fsp3) is 0. The Morgan fingerprint density at radius 2 is 0.932 bits per heavy atom. The quantitative estimate of drug-likeness (QED) is 0.212. The van der Waals surface area contributed by atoms with Gasteiger partial charge >= 0.3 is 0 Å². The summed E-state index contributed by atoms with van der Waals surface area (Å²) < 4.78 is 12.5. The molecule has 0 bridgehead atoms. The number of aromatic nitrogens is 3. The molecule has 0 fully saturated rings. The highest BCUT2D eigenvalue weighted by Crippen LogP contribution is 2.35. The fourth-order valence-electron chi connectivity index (χ4n) is 5.88. The summed E-state index contributed by atoms with van der Waals surface area (Å²) in [5.41, 5.74) is 6.52. The second-order valence-corrected chi connectivity index (χ2v) is 10.9. The van der Waals surface area contributed by atoms with Gasteiger partial charge in [0.25, 0.3) is 0 Å². The Labute approximate surface area is 252 Å². The zero-order chi connectivity index (χ0) is 29.0. The average Bonchev–Trinajstić information content (AvgIpc) is 3.68. The van der Waals surface area contributed by atoms with Gasteiger partial charge in [-0.2, -0.15) is 0 Å². The molecule has 5 nitrogen and oxygen atoms in total. The normalized spacial score (nSPS) is 11.6. The third-order valence-electron chi connectivity index (χ3n) is 8.13.